The molecule has 4 heteroatoms. The number of carbonyl (C=O) groups is 2. The van der Waals surface area contributed by atoms with Gasteiger partial charge in [0.05, 0.1) is 0 Å². The van der Waals surface area contributed by atoms with Crippen molar-refractivity contribution >= 4 is 11.7 Å². The molecule has 4 nitrogen and oxygen atoms in total. The number of nitrogens with zero attached hydrogens (tertiary/aromatic N) is 1. The topological polar surface area (TPSA) is 49.4 Å². The number of likely N-dealkylation sites (tertiary alicyclic amines) is 1. The number of rotatable bonds is 4. The Bertz CT molecular complexity index is 233. The highest BCUT2D eigenvalue weighted by atomic mass is 16.1. The molecule has 1 heterocycles. The van der Waals surface area contributed by atoms with Crippen LogP contribution in [0.2, 0.25) is 0 Å². The van der Waals surface area contributed by atoms with Crippen molar-refractivity contribution in [1.29, 1.82) is 0 Å². The van der Waals surface area contributed by atoms with Gasteiger partial charge >= 0.3 is 0 Å². The molecule has 1 aliphatic heterocycles. The van der Waals surface area contributed by atoms with Crippen LogP contribution in [0.1, 0.15) is 33.1 Å². The lowest BCUT2D eigenvalue weighted by molar-refractivity contribution is -0.120. The molecule has 1 aliphatic rings. The van der Waals surface area contributed by atoms with Crippen molar-refractivity contribution in [2.24, 2.45) is 0 Å². The van der Waals surface area contributed by atoms with E-state index in [0.29, 0.717) is 12.5 Å². The summed E-state index contributed by atoms with van der Waals surface area (Å²) >= 11 is 0. The van der Waals surface area contributed by atoms with Crippen molar-refractivity contribution in [2.75, 3.05) is 19.6 Å². The molecule has 0 aromatic carbocycles. The van der Waals surface area contributed by atoms with Gasteiger partial charge < -0.3 is 10.2 Å². The van der Waals surface area contributed by atoms with E-state index in [1.165, 1.54) is 0 Å². The van der Waals surface area contributed by atoms with Crippen LogP contribution >= 0.6 is 0 Å². The zero-order valence-electron chi connectivity index (χ0n) is 9.58. The Labute approximate surface area is 91.0 Å². The fraction of sp³-hybridized carbons (Fsp3) is 0.818. The summed E-state index contributed by atoms with van der Waals surface area (Å²) in [6.45, 7) is 6.02. The van der Waals surface area contributed by atoms with E-state index < -0.39 is 0 Å². The zero-order valence-corrected chi connectivity index (χ0v) is 9.58. The minimum absolute atomic E-state index is 0.0529. The third-order valence-electron chi connectivity index (χ3n) is 2.78. The van der Waals surface area contributed by atoms with Gasteiger partial charge in [0.2, 0.25) is 5.91 Å². The van der Waals surface area contributed by atoms with E-state index >= 15 is 0 Å². The molecule has 1 amide bonds. The first kappa shape index (κ1) is 12.2. The Morgan fingerprint density at radius 3 is 2.33 bits per heavy atom. The lowest BCUT2D eigenvalue weighted by Gasteiger charge is -2.31. The minimum Gasteiger partial charge on any atom is -0.354 e. The summed E-state index contributed by atoms with van der Waals surface area (Å²) < 4.78 is 0. The molecule has 1 rings (SSSR count). The second kappa shape index (κ2) is 5.85. The van der Waals surface area contributed by atoms with Crippen LogP contribution < -0.4 is 5.32 Å². The Morgan fingerprint density at radius 1 is 1.27 bits per heavy atom. The molecule has 0 aromatic heterocycles. The molecule has 0 aromatic rings. The van der Waals surface area contributed by atoms with Gasteiger partial charge in [0.25, 0.3) is 0 Å². The van der Waals surface area contributed by atoms with Crippen LogP contribution in [0.4, 0.5) is 0 Å². The van der Waals surface area contributed by atoms with E-state index in [1.807, 2.05) is 0 Å². The van der Waals surface area contributed by atoms with E-state index in [1.54, 1.807) is 13.8 Å². The van der Waals surface area contributed by atoms with Crippen molar-refractivity contribution in [3.8, 4) is 0 Å². The van der Waals surface area contributed by atoms with Gasteiger partial charge in [-0.05, 0) is 19.8 Å². The van der Waals surface area contributed by atoms with Crippen molar-refractivity contribution in [2.45, 2.75) is 39.2 Å². The maximum atomic E-state index is 10.8. The Balaban J connectivity index is 2.18. The average molecular weight is 212 g/mol. The molecule has 0 atom stereocenters. The number of hydrogen-bond acceptors (Lipinski definition) is 3. The molecule has 1 saturated heterocycles. The fourth-order valence-corrected chi connectivity index (χ4v) is 1.90. The third kappa shape index (κ3) is 4.93. The summed E-state index contributed by atoms with van der Waals surface area (Å²) in [6.07, 6.45) is 2.64. The van der Waals surface area contributed by atoms with Gasteiger partial charge in [-0.3, -0.25) is 9.59 Å². The van der Waals surface area contributed by atoms with Crippen LogP contribution in [-0.4, -0.2) is 42.3 Å². The minimum atomic E-state index is 0.0529. The summed E-state index contributed by atoms with van der Waals surface area (Å²) in [4.78, 5) is 23.9. The number of Topliss-reactive ketones (excluding diaryl/α,β-unsaturated/α-hetero) is 1. The molecule has 0 aliphatic carbocycles. The first-order valence-electron chi connectivity index (χ1n) is 5.57. The number of hydrogen-bond donors (Lipinski definition) is 1. The zero-order chi connectivity index (χ0) is 11.3. The maximum absolute atomic E-state index is 10.8. The lowest BCUT2D eigenvalue weighted by atomic mass is 10.0. The molecule has 0 radical (unpaired) electrons. The van der Waals surface area contributed by atoms with Crippen LogP contribution in [-0.2, 0) is 9.59 Å². The SMILES string of the molecule is CC(=O)CCN1CCC(NC(C)=O)CC1. The summed E-state index contributed by atoms with van der Waals surface area (Å²) in [5.41, 5.74) is 0. The van der Waals surface area contributed by atoms with Crippen LogP contribution in [0.5, 0.6) is 0 Å². The number of carbonyl (C=O) groups excluding carboxylic acids is 2. The third-order valence-corrected chi connectivity index (χ3v) is 2.78. The van der Waals surface area contributed by atoms with Gasteiger partial charge in [-0.1, -0.05) is 0 Å². The van der Waals surface area contributed by atoms with Crippen molar-refractivity contribution < 1.29 is 9.59 Å². The quantitative estimate of drug-likeness (QED) is 0.741. The van der Waals surface area contributed by atoms with E-state index in [4.69, 9.17) is 0 Å². The molecule has 86 valence electrons. The van der Waals surface area contributed by atoms with Crippen LogP contribution in [0.3, 0.4) is 0 Å². The van der Waals surface area contributed by atoms with Gasteiger partial charge in [0, 0.05) is 39.0 Å². The number of piperidine rings is 1. The number of nitrogens with one attached hydrogen (secondary N) is 1. The normalized spacial score (nSPS) is 18.8. The van der Waals surface area contributed by atoms with Crippen molar-refractivity contribution in [3.63, 3.8) is 0 Å². The second-order valence-corrected chi connectivity index (χ2v) is 4.27. The molecule has 1 N–H and O–H groups in total. The smallest absolute Gasteiger partial charge is 0.217 e. The average Bonchev–Trinajstić information content (AvgIpc) is 2.16. The van der Waals surface area contributed by atoms with Gasteiger partial charge in [0.15, 0.2) is 0 Å². The van der Waals surface area contributed by atoms with Crippen molar-refractivity contribution in [1.82, 2.24) is 10.2 Å². The molecule has 15 heavy (non-hydrogen) atoms. The Hall–Kier alpha value is -0.900. The standard InChI is InChI=1S/C11H20N2O2/c1-9(14)3-6-13-7-4-11(5-8-13)12-10(2)15/h11H,3-8H2,1-2H3,(H,12,15). The summed E-state index contributed by atoms with van der Waals surface area (Å²) in [5.74, 6) is 0.302. The van der Waals surface area contributed by atoms with Crippen LogP contribution in [0.25, 0.3) is 0 Å². The van der Waals surface area contributed by atoms with Crippen LogP contribution in [0, 0.1) is 0 Å². The van der Waals surface area contributed by atoms with E-state index in [2.05, 4.69) is 10.2 Å². The molecular weight excluding hydrogens is 192 g/mol. The van der Waals surface area contributed by atoms with E-state index in [-0.39, 0.29) is 11.7 Å². The highest BCUT2D eigenvalue weighted by molar-refractivity contribution is 5.75. The summed E-state index contributed by atoms with van der Waals surface area (Å²) in [6, 6.07) is 0.330. The van der Waals surface area contributed by atoms with Gasteiger partial charge in [-0.15, -0.1) is 0 Å². The lowest BCUT2D eigenvalue weighted by Crippen LogP contribution is -2.44. The largest absolute Gasteiger partial charge is 0.354 e. The molecule has 0 unspecified atom stereocenters. The highest BCUT2D eigenvalue weighted by Gasteiger charge is 2.19. The Morgan fingerprint density at radius 2 is 1.87 bits per heavy atom. The van der Waals surface area contributed by atoms with Crippen LogP contribution in [0.15, 0.2) is 0 Å². The van der Waals surface area contributed by atoms with Crippen molar-refractivity contribution in [3.05, 3.63) is 0 Å². The molecule has 0 saturated carbocycles. The molecule has 0 spiro atoms. The molecular formula is C11H20N2O2. The number of ketones is 1. The van der Waals surface area contributed by atoms with E-state index in [9.17, 15) is 9.59 Å². The predicted octanol–water partition coefficient (Wildman–Crippen LogP) is 0.566. The van der Waals surface area contributed by atoms with E-state index in [0.717, 1.165) is 32.5 Å². The highest BCUT2D eigenvalue weighted by Crippen LogP contribution is 2.10. The number of amides is 1. The monoisotopic (exact) mass is 212 g/mol. The van der Waals surface area contributed by atoms with Gasteiger partial charge in [-0.25, -0.2) is 0 Å². The predicted molar refractivity (Wildman–Crippen MR) is 58.6 cm³/mol. The van der Waals surface area contributed by atoms with Gasteiger partial charge in [-0.2, -0.15) is 0 Å². The summed E-state index contributed by atoms with van der Waals surface area (Å²) in [5, 5.41) is 2.93. The second-order valence-electron chi connectivity index (χ2n) is 4.27. The summed E-state index contributed by atoms with van der Waals surface area (Å²) in [7, 11) is 0. The first-order chi connectivity index (χ1) is 7.08. The fourth-order valence-electron chi connectivity index (χ4n) is 1.90. The molecule has 0 bridgehead atoms. The maximum Gasteiger partial charge on any atom is 0.217 e. The van der Waals surface area contributed by atoms with Gasteiger partial charge in [0.1, 0.15) is 5.78 Å². The molecule has 1 fully saturated rings. The first-order valence-corrected chi connectivity index (χ1v) is 5.57. The Kier molecular flexibility index (Phi) is 4.75.